The quantitative estimate of drug-likeness (QED) is 0.851. The number of nitrogens with one attached hydrogen (secondary N) is 1. The fraction of sp³-hybridized carbons (Fsp3) is 0.0833. The Bertz CT molecular complexity index is 576. The van der Waals surface area contributed by atoms with Crippen molar-refractivity contribution in [1.82, 2.24) is 4.98 Å². The molecule has 0 atom stereocenters. The lowest BCUT2D eigenvalue weighted by atomic mass is 10.2. The van der Waals surface area contributed by atoms with Gasteiger partial charge in [0.2, 0.25) is 0 Å². The first-order valence-corrected chi connectivity index (χ1v) is 6.63. The molecule has 1 aromatic carbocycles. The van der Waals surface area contributed by atoms with Crippen LogP contribution < -0.4 is 5.32 Å². The number of pyridine rings is 1. The van der Waals surface area contributed by atoms with Crippen molar-refractivity contribution < 1.29 is 8.78 Å². The van der Waals surface area contributed by atoms with Gasteiger partial charge < -0.3 is 5.32 Å². The molecule has 0 spiro atoms. The monoisotopic (exact) mass is 376 g/mol. The molecule has 6 heteroatoms. The SMILES string of the molecule is Fc1ccc(Br)cc1CNc1ncc(Br)cc1F. The van der Waals surface area contributed by atoms with E-state index < -0.39 is 5.82 Å². The minimum atomic E-state index is -0.486. The predicted molar refractivity (Wildman–Crippen MR) is 73.3 cm³/mol. The first-order valence-electron chi connectivity index (χ1n) is 5.05. The summed E-state index contributed by atoms with van der Waals surface area (Å²) in [6.45, 7) is 0.164. The van der Waals surface area contributed by atoms with Crippen LogP contribution in [0, 0.1) is 11.6 Å². The van der Waals surface area contributed by atoms with Gasteiger partial charge in [0.25, 0.3) is 0 Å². The van der Waals surface area contributed by atoms with E-state index in [4.69, 9.17) is 0 Å². The smallest absolute Gasteiger partial charge is 0.166 e. The van der Waals surface area contributed by atoms with Crippen LogP contribution in [0.3, 0.4) is 0 Å². The van der Waals surface area contributed by atoms with Crippen molar-refractivity contribution in [1.29, 1.82) is 0 Å². The molecule has 1 heterocycles. The maximum atomic E-state index is 13.5. The van der Waals surface area contributed by atoms with Crippen molar-refractivity contribution in [3.63, 3.8) is 0 Å². The zero-order valence-electron chi connectivity index (χ0n) is 9.05. The number of nitrogens with zero attached hydrogens (tertiary/aromatic N) is 1. The van der Waals surface area contributed by atoms with Crippen LogP contribution in [0.25, 0.3) is 0 Å². The number of benzene rings is 1. The van der Waals surface area contributed by atoms with E-state index in [1.165, 1.54) is 18.3 Å². The second kappa shape index (κ2) is 5.75. The molecular weight excluding hydrogens is 370 g/mol. The fourth-order valence-electron chi connectivity index (χ4n) is 1.40. The van der Waals surface area contributed by atoms with Gasteiger partial charge in [-0.25, -0.2) is 13.8 Å². The second-order valence-electron chi connectivity index (χ2n) is 3.57. The van der Waals surface area contributed by atoms with Gasteiger partial charge in [-0.2, -0.15) is 0 Å². The third-order valence-corrected chi connectivity index (χ3v) is 3.19. The standard InChI is InChI=1S/C12H8Br2F2N2/c13-8-1-2-10(15)7(3-8)5-17-12-11(16)4-9(14)6-18-12/h1-4,6H,5H2,(H,17,18). The molecule has 2 rings (SSSR count). The van der Waals surface area contributed by atoms with E-state index in [2.05, 4.69) is 42.2 Å². The largest absolute Gasteiger partial charge is 0.363 e. The van der Waals surface area contributed by atoms with E-state index in [1.807, 2.05) is 0 Å². The number of aromatic nitrogens is 1. The first kappa shape index (κ1) is 13.4. The van der Waals surface area contributed by atoms with Gasteiger partial charge in [0.15, 0.2) is 11.6 Å². The van der Waals surface area contributed by atoms with Crippen LogP contribution in [0.2, 0.25) is 0 Å². The van der Waals surface area contributed by atoms with Crippen LogP contribution >= 0.6 is 31.9 Å². The Morgan fingerprint density at radius 2 is 1.83 bits per heavy atom. The first-order chi connectivity index (χ1) is 8.56. The Kier molecular flexibility index (Phi) is 4.29. The van der Waals surface area contributed by atoms with Crippen molar-refractivity contribution in [3.8, 4) is 0 Å². The second-order valence-corrected chi connectivity index (χ2v) is 5.40. The molecule has 0 aliphatic heterocycles. The Hall–Kier alpha value is -1.01. The number of halogens is 4. The number of hydrogen-bond donors (Lipinski definition) is 1. The molecule has 1 N–H and O–H groups in total. The van der Waals surface area contributed by atoms with Gasteiger partial charge in [-0.3, -0.25) is 0 Å². The van der Waals surface area contributed by atoms with E-state index in [0.717, 1.165) is 4.47 Å². The minimum Gasteiger partial charge on any atom is -0.363 e. The summed E-state index contributed by atoms with van der Waals surface area (Å²) in [7, 11) is 0. The molecule has 0 saturated carbocycles. The average molecular weight is 378 g/mol. The van der Waals surface area contributed by atoms with Gasteiger partial charge in [0.1, 0.15) is 5.82 Å². The van der Waals surface area contributed by atoms with Crippen LogP contribution in [-0.2, 0) is 6.54 Å². The lowest BCUT2D eigenvalue weighted by Gasteiger charge is -2.08. The third kappa shape index (κ3) is 3.26. The van der Waals surface area contributed by atoms with Crippen LogP contribution in [0.5, 0.6) is 0 Å². The van der Waals surface area contributed by atoms with Crippen LogP contribution in [-0.4, -0.2) is 4.98 Å². The van der Waals surface area contributed by atoms with Crippen LogP contribution in [0.1, 0.15) is 5.56 Å². The number of rotatable bonds is 3. The summed E-state index contributed by atoms with van der Waals surface area (Å²) in [6, 6.07) is 5.90. The lowest BCUT2D eigenvalue weighted by Crippen LogP contribution is -2.05. The van der Waals surface area contributed by atoms with Gasteiger partial charge in [-0.15, -0.1) is 0 Å². The topological polar surface area (TPSA) is 24.9 Å². The molecule has 0 bridgehead atoms. The minimum absolute atomic E-state index is 0.0950. The summed E-state index contributed by atoms with van der Waals surface area (Å²) >= 11 is 6.37. The average Bonchev–Trinajstić information content (AvgIpc) is 2.32. The summed E-state index contributed by atoms with van der Waals surface area (Å²) in [6.07, 6.45) is 1.47. The lowest BCUT2D eigenvalue weighted by molar-refractivity contribution is 0.608. The molecule has 2 aromatic rings. The number of hydrogen-bond acceptors (Lipinski definition) is 2. The molecule has 0 aliphatic rings. The Morgan fingerprint density at radius 3 is 2.56 bits per heavy atom. The Morgan fingerprint density at radius 1 is 1.06 bits per heavy atom. The van der Waals surface area contributed by atoms with Crippen molar-refractivity contribution in [2.45, 2.75) is 6.54 Å². The van der Waals surface area contributed by atoms with Crippen molar-refractivity contribution >= 4 is 37.7 Å². The fourth-order valence-corrected chi connectivity index (χ4v) is 2.11. The highest BCUT2D eigenvalue weighted by molar-refractivity contribution is 9.10. The molecule has 0 radical (unpaired) electrons. The highest BCUT2D eigenvalue weighted by Gasteiger charge is 2.06. The summed E-state index contributed by atoms with van der Waals surface area (Å²) in [5.41, 5.74) is 0.438. The molecule has 0 amide bonds. The van der Waals surface area contributed by atoms with Crippen LogP contribution in [0.4, 0.5) is 14.6 Å². The van der Waals surface area contributed by atoms with Gasteiger partial charge in [-0.1, -0.05) is 15.9 Å². The zero-order chi connectivity index (χ0) is 13.1. The summed E-state index contributed by atoms with van der Waals surface area (Å²) in [5.74, 6) is -0.736. The van der Waals surface area contributed by atoms with Gasteiger partial charge in [0.05, 0.1) is 0 Å². The van der Waals surface area contributed by atoms with E-state index in [1.54, 1.807) is 12.1 Å². The Labute approximate surface area is 120 Å². The normalized spacial score (nSPS) is 10.4. The van der Waals surface area contributed by atoms with Gasteiger partial charge in [-0.05, 0) is 40.2 Å². The summed E-state index contributed by atoms with van der Waals surface area (Å²) < 4.78 is 28.3. The molecule has 94 valence electrons. The molecule has 18 heavy (non-hydrogen) atoms. The van der Waals surface area contributed by atoms with Crippen LogP contribution in [0.15, 0.2) is 39.4 Å². The molecule has 0 saturated heterocycles. The molecule has 0 fully saturated rings. The molecule has 0 aliphatic carbocycles. The molecular formula is C12H8Br2F2N2. The highest BCUT2D eigenvalue weighted by atomic mass is 79.9. The van der Waals surface area contributed by atoms with Crippen molar-refractivity contribution in [2.24, 2.45) is 0 Å². The maximum Gasteiger partial charge on any atom is 0.166 e. The Balaban J connectivity index is 2.13. The summed E-state index contributed by atoms with van der Waals surface area (Å²) in [5, 5.41) is 2.76. The van der Waals surface area contributed by atoms with Gasteiger partial charge >= 0.3 is 0 Å². The molecule has 0 unspecified atom stereocenters. The van der Waals surface area contributed by atoms with Crippen molar-refractivity contribution in [2.75, 3.05) is 5.32 Å². The van der Waals surface area contributed by atoms with Gasteiger partial charge in [0, 0.05) is 27.3 Å². The third-order valence-electron chi connectivity index (χ3n) is 2.26. The highest BCUT2D eigenvalue weighted by Crippen LogP contribution is 2.19. The summed E-state index contributed by atoms with van der Waals surface area (Å²) in [4.78, 5) is 3.88. The predicted octanol–water partition coefficient (Wildman–Crippen LogP) is 4.50. The zero-order valence-corrected chi connectivity index (χ0v) is 12.2. The van der Waals surface area contributed by atoms with Crippen molar-refractivity contribution in [3.05, 3.63) is 56.6 Å². The van der Waals surface area contributed by atoms with E-state index in [9.17, 15) is 8.78 Å². The maximum absolute atomic E-state index is 13.5. The van der Waals surface area contributed by atoms with E-state index >= 15 is 0 Å². The van der Waals surface area contributed by atoms with E-state index in [0.29, 0.717) is 10.0 Å². The van der Waals surface area contributed by atoms with E-state index in [-0.39, 0.29) is 18.2 Å². The molecule has 2 nitrogen and oxygen atoms in total. The number of anilines is 1. The molecule has 1 aromatic heterocycles.